The predicted octanol–water partition coefficient (Wildman–Crippen LogP) is 8.24. The fraction of sp³-hybridized carbons (Fsp3) is 0.469. The maximum Gasteiger partial charge on any atom is 0.335 e. The second-order valence-electron chi connectivity index (χ2n) is 11.6. The topological polar surface area (TPSA) is 46.5 Å². The van der Waals surface area contributed by atoms with Crippen LogP contribution in [0.15, 0.2) is 54.6 Å². The van der Waals surface area contributed by atoms with Gasteiger partial charge in [-0.1, -0.05) is 49.9 Å². The van der Waals surface area contributed by atoms with Gasteiger partial charge in [0.2, 0.25) is 0 Å². The first kappa shape index (κ1) is 22.6. The quantitative estimate of drug-likeness (QED) is 0.419. The lowest BCUT2D eigenvalue weighted by atomic mass is 9.57. The molecule has 3 fully saturated rings. The van der Waals surface area contributed by atoms with Crippen LogP contribution in [0.2, 0.25) is 0 Å². The van der Waals surface area contributed by atoms with Crippen LogP contribution >= 0.6 is 0 Å². The number of carbonyl (C=O) groups is 1. The lowest BCUT2D eigenvalue weighted by molar-refractivity contribution is 0.0697. The van der Waals surface area contributed by atoms with Crippen molar-refractivity contribution in [2.45, 2.75) is 69.6 Å². The van der Waals surface area contributed by atoms with Crippen LogP contribution in [0, 0.1) is 17.8 Å². The van der Waals surface area contributed by atoms with Gasteiger partial charge in [0.15, 0.2) is 0 Å². The first-order valence-electron chi connectivity index (χ1n) is 13.5. The zero-order valence-corrected chi connectivity index (χ0v) is 20.8. The molecule has 3 aliphatic rings. The Hall–Kier alpha value is -2.81. The van der Waals surface area contributed by atoms with Crippen molar-refractivity contribution in [3.05, 3.63) is 65.7 Å². The van der Waals surface area contributed by atoms with E-state index in [1.54, 1.807) is 12.1 Å². The SMILES string of the molecule is COc1ccc(-c2ccc3cc(C(=O)O)ccc3c2)cc1C12CCCC3CC(CCC1)CC(C3)C2. The summed E-state index contributed by atoms with van der Waals surface area (Å²) < 4.78 is 6.00. The molecule has 0 saturated heterocycles. The molecule has 2 atom stereocenters. The normalized spacial score (nSPS) is 28.2. The van der Waals surface area contributed by atoms with Gasteiger partial charge >= 0.3 is 5.97 Å². The van der Waals surface area contributed by atoms with Gasteiger partial charge < -0.3 is 9.84 Å². The summed E-state index contributed by atoms with van der Waals surface area (Å²) >= 11 is 0. The second kappa shape index (κ2) is 9.00. The molecule has 3 saturated carbocycles. The Balaban J connectivity index is 1.41. The molecule has 3 aromatic carbocycles. The van der Waals surface area contributed by atoms with Crippen LogP contribution in [-0.2, 0) is 5.41 Å². The molecule has 2 unspecified atom stereocenters. The fourth-order valence-corrected chi connectivity index (χ4v) is 7.92. The van der Waals surface area contributed by atoms with Crippen molar-refractivity contribution in [1.29, 1.82) is 0 Å². The summed E-state index contributed by atoms with van der Waals surface area (Å²) in [4.78, 5) is 11.4. The number of ether oxygens (including phenoxy) is 1. The zero-order chi connectivity index (χ0) is 24.0. The second-order valence-corrected chi connectivity index (χ2v) is 11.6. The summed E-state index contributed by atoms with van der Waals surface area (Å²) in [5, 5.41) is 11.4. The maximum absolute atomic E-state index is 11.4. The van der Waals surface area contributed by atoms with E-state index in [9.17, 15) is 9.90 Å². The molecule has 3 heteroatoms. The summed E-state index contributed by atoms with van der Waals surface area (Å²) in [6.07, 6.45) is 13.7. The number of rotatable bonds is 4. The van der Waals surface area contributed by atoms with Crippen molar-refractivity contribution in [3.8, 4) is 16.9 Å². The van der Waals surface area contributed by atoms with Crippen molar-refractivity contribution in [2.24, 2.45) is 17.8 Å². The highest BCUT2D eigenvalue weighted by Gasteiger charge is 2.43. The number of benzene rings is 3. The number of fused-ring (bicyclic) bond motifs is 4. The van der Waals surface area contributed by atoms with E-state index in [2.05, 4.69) is 30.3 Å². The van der Waals surface area contributed by atoms with Crippen LogP contribution in [0.3, 0.4) is 0 Å². The summed E-state index contributed by atoms with van der Waals surface area (Å²) in [7, 11) is 1.82. The van der Waals surface area contributed by atoms with Gasteiger partial charge in [-0.05, 0) is 114 Å². The Morgan fingerprint density at radius 2 is 1.46 bits per heavy atom. The molecule has 0 spiro atoms. The molecule has 1 N–H and O–H groups in total. The van der Waals surface area contributed by atoms with Crippen LogP contribution in [-0.4, -0.2) is 18.2 Å². The van der Waals surface area contributed by atoms with Crippen LogP contribution < -0.4 is 4.74 Å². The van der Waals surface area contributed by atoms with Gasteiger partial charge in [-0.2, -0.15) is 0 Å². The standard InChI is InChI=1S/C32H36O3/c1-35-30-11-10-27(25-6-7-26-18-28(31(33)34)9-8-24(26)17-25)19-29(30)32-12-2-4-21-14-22(5-3-13-32)16-23(15-21)20-32/h6-11,17-19,21-23H,2-5,12-16,20H2,1H3,(H,33,34). The number of methoxy groups -OCH3 is 1. The third-order valence-corrected chi connectivity index (χ3v) is 9.41. The van der Waals surface area contributed by atoms with Crippen LogP contribution in [0.5, 0.6) is 5.75 Å². The van der Waals surface area contributed by atoms with E-state index in [4.69, 9.17) is 4.74 Å². The van der Waals surface area contributed by atoms with E-state index < -0.39 is 5.97 Å². The van der Waals surface area contributed by atoms with Crippen molar-refractivity contribution < 1.29 is 14.6 Å². The first-order valence-corrected chi connectivity index (χ1v) is 13.5. The molecule has 6 rings (SSSR count). The van der Waals surface area contributed by atoms with Gasteiger partial charge in [0.05, 0.1) is 12.7 Å². The highest BCUT2D eigenvalue weighted by atomic mass is 16.5. The molecule has 3 aliphatic carbocycles. The molecular weight excluding hydrogens is 432 g/mol. The fourth-order valence-electron chi connectivity index (χ4n) is 7.92. The van der Waals surface area contributed by atoms with Gasteiger partial charge in [0, 0.05) is 5.56 Å². The third kappa shape index (κ3) is 4.24. The molecule has 0 aromatic heterocycles. The largest absolute Gasteiger partial charge is 0.496 e. The van der Waals surface area contributed by atoms with Crippen LogP contribution in [0.1, 0.15) is 80.1 Å². The Bertz CT molecular complexity index is 1240. The Labute approximate surface area is 208 Å². The molecular formula is C32H36O3. The number of hydrogen-bond donors (Lipinski definition) is 1. The Kier molecular flexibility index (Phi) is 5.82. The molecule has 0 radical (unpaired) electrons. The predicted molar refractivity (Wildman–Crippen MR) is 141 cm³/mol. The van der Waals surface area contributed by atoms with E-state index in [0.29, 0.717) is 5.56 Å². The molecule has 4 bridgehead atoms. The van der Waals surface area contributed by atoms with E-state index in [1.165, 1.54) is 80.9 Å². The van der Waals surface area contributed by atoms with E-state index in [-0.39, 0.29) is 5.41 Å². The lowest BCUT2D eigenvalue weighted by Gasteiger charge is -2.47. The molecule has 0 heterocycles. The van der Waals surface area contributed by atoms with E-state index >= 15 is 0 Å². The molecule has 0 amide bonds. The zero-order valence-electron chi connectivity index (χ0n) is 20.8. The summed E-state index contributed by atoms with van der Waals surface area (Å²) in [5.74, 6) is 2.94. The van der Waals surface area contributed by atoms with Gasteiger partial charge in [0.25, 0.3) is 0 Å². The van der Waals surface area contributed by atoms with Crippen molar-refractivity contribution in [1.82, 2.24) is 0 Å². The Morgan fingerprint density at radius 3 is 2.17 bits per heavy atom. The number of carboxylic acid groups (broad SMARTS) is 1. The average Bonchev–Trinajstić information content (AvgIpc) is 2.86. The van der Waals surface area contributed by atoms with Gasteiger partial charge in [0.1, 0.15) is 5.75 Å². The van der Waals surface area contributed by atoms with Crippen molar-refractivity contribution in [3.63, 3.8) is 0 Å². The van der Waals surface area contributed by atoms with Crippen LogP contribution in [0.4, 0.5) is 0 Å². The van der Waals surface area contributed by atoms with Gasteiger partial charge in [-0.25, -0.2) is 4.79 Å². The minimum Gasteiger partial charge on any atom is -0.496 e. The first-order chi connectivity index (χ1) is 17.0. The van der Waals surface area contributed by atoms with E-state index in [1.807, 2.05) is 19.2 Å². The number of hydrogen-bond acceptors (Lipinski definition) is 2. The molecule has 3 aromatic rings. The minimum atomic E-state index is -0.885. The monoisotopic (exact) mass is 468 g/mol. The minimum absolute atomic E-state index is 0.215. The molecule has 0 aliphatic heterocycles. The molecule has 3 nitrogen and oxygen atoms in total. The van der Waals surface area contributed by atoms with E-state index in [0.717, 1.165) is 34.3 Å². The summed E-state index contributed by atoms with van der Waals surface area (Å²) in [6.45, 7) is 0. The van der Waals surface area contributed by atoms with Gasteiger partial charge in [-0.15, -0.1) is 0 Å². The molecule has 182 valence electrons. The summed E-state index contributed by atoms with van der Waals surface area (Å²) in [6, 6.07) is 18.5. The maximum atomic E-state index is 11.4. The third-order valence-electron chi connectivity index (χ3n) is 9.41. The number of carboxylic acids is 1. The smallest absolute Gasteiger partial charge is 0.335 e. The highest BCUT2D eigenvalue weighted by Crippen LogP contribution is 2.54. The van der Waals surface area contributed by atoms with Gasteiger partial charge in [-0.3, -0.25) is 0 Å². The van der Waals surface area contributed by atoms with Crippen LogP contribution in [0.25, 0.3) is 21.9 Å². The molecule has 35 heavy (non-hydrogen) atoms. The Morgan fingerprint density at radius 1 is 0.829 bits per heavy atom. The van der Waals surface area contributed by atoms with Crippen molar-refractivity contribution >= 4 is 16.7 Å². The summed E-state index contributed by atoms with van der Waals surface area (Å²) in [5.41, 5.74) is 4.36. The average molecular weight is 469 g/mol. The number of aromatic carboxylic acids is 1. The van der Waals surface area contributed by atoms with Crippen molar-refractivity contribution in [2.75, 3.05) is 7.11 Å². The lowest BCUT2D eigenvalue weighted by Crippen LogP contribution is -2.37. The highest BCUT2D eigenvalue weighted by molar-refractivity contribution is 5.95.